The first-order valence-electron chi connectivity index (χ1n) is 8.73. The molecule has 0 aliphatic heterocycles. The first-order chi connectivity index (χ1) is 14.0. The van der Waals surface area contributed by atoms with Gasteiger partial charge in [0.15, 0.2) is 0 Å². The lowest BCUT2D eigenvalue weighted by atomic mass is 10.2. The molecule has 0 aromatic carbocycles. The lowest BCUT2D eigenvalue weighted by Crippen LogP contribution is -2.43. The molecule has 1 atom stereocenters. The molecular formula is C16H27Cl6NO6SSi. The van der Waals surface area contributed by atoms with E-state index in [-0.39, 0.29) is 19.8 Å². The molecule has 0 fully saturated rings. The van der Waals surface area contributed by atoms with Crippen LogP contribution in [0, 0.1) is 0 Å². The van der Waals surface area contributed by atoms with Crippen LogP contribution in [-0.2, 0) is 23.2 Å². The predicted octanol–water partition coefficient (Wildman–Crippen LogP) is 5.10. The van der Waals surface area contributed by atoms with E-state index in [1.54, 1.807) is 18.3 Å². The first kappa shape index (κ1) is 34.0. The van der Waals surface area contributed by atoms with Crippen LogP contribution in [0.3, 0.4) is 0 Å². The number of esters is 1. The zero-order chi connectivity index (χ0) is 24.7. The molecule has 0 spiro atoms. The summed E-state index contributed by atoms with van der Waals surface area (Å²) in [5, 5.41) is 8.27. The fourth-order valence-electron chi connectivity index (χ4n) is 1.65. The molecule has 3 N–H and O–H groups in total. The highest BCUT2D eigenvalue weighted by atomic mass is 35.6. The standard InChI is InChI=1S/C11H16Cl6O4Si.C5H11NO2S/c1-3-9(18)19-5-4-6-22(2,20-7-10(12,13)14)21-8-11(15,16)17;1-9-3-2-4(6)5(7)8/h3H,1,4-8H2,2H3;4H,2-3,6H2,1H3,(H,7,8)/t;4-/m.0/s1. The zero-order valence-electron chi connectivity index (χ0n) is 17.1. The van der Waals surface area contributed by atoms with Gasteiger partial charge in [-0.05, 0) is 37.4 Å². The van der Waals surface area contributed by atoms with Crippen LogP contribution >= 0.6 is 81.4 Å². The van der Waals surface area contributed by atoms with Crippen LogP contribution in [0.25, 0.3) is 0 Å². The summed E-state index contributed by atoms with van der Waals surface area (Å²) in [6, 6.07) is -0.226. The number of aliphatic carboxylic acids is 1. The van der Waals surface area contributed by atoms with Crippen molar-refractivity contribution in [1.82, 2.24) is 0 Å². The number of nitrogens with two attached hydrogens (primary N) is 1. The molecule has 0 aliphatic rings. The van der Waals surface area contributed by atoms with E-state index < -0.39 is 34.1 Å². The lowest BCUT2D eigenvalue weighted by Gasteiger charge is -2.30. The Labute approximate surface area is 218 Å². The Bertz CT molecular complexity index is 532. The van der Waals surface area contributed by atoms with Gasteiger partial charge in [0.25, 0.3) is 0 Å². The molecule has 0 saturated heterocycles. The Morgan fingerprint density at radius 2 is 1.65 bits per heavy atom. The van der Waals surface area contributed by atoms with E-state index in [0.29, 0.717) is 18.9 Å². The third kappa shape index (κ3) is 23.8. The average Bonchev–Trinajstić information content (AvgIpc) is 2.65. The van der Waals surface area contributed by atoms with Gasteiger partial charge >= 0.3 is 20.5 Å². The van der Waals surface area contributed by atoms with E-state index in [2.05, 4.69) is 6.58 Å². The number of hydrogen-bond acceptors (Lipinski definition) is 7. The van der Waals surface area contributed by atoms with Crippen molar-refractivity contribution in [3.05, 3.63) is 12.7 Å². The molecule has 0 rings (SSSR count). The second kappa shape index (κ2) is 17.3. The monoisotopic (exact) mass is 599 g/mol. The van der Waals surface area contributed by atoms with Gasteiger partial charge in [0.05, 0.1) is 19.8 Å². The topological polar surface area (TPSA) is 108 Å². The third-order valence-corrected chi connectivity index (χ3v) is 7.29. The van der Waals surface area contributed by atoms with Crippen LogP contribution in [-0.4, -0.2) is 71.1 Å². The van der Waals surface area contributed by atoms with Crippen molar-refractivity contribution in [2.24, 2.45) is 5.73 Å². The number of alkyl halides is 6. The van der Waals surface area contributed by atoms with E-state index in [9.17, 15) is 9.59 Å². The van der Waals surface area contributed by atoms with Crippen molar-refractivity contribution in [2.45, 2.75) is 39.1 Å². The Hall–Kier alpha value is 0.867. The maximum absolute atomic E-state index is 11.0. The average molecular weight is 602 g/mol. The van der Waals surface area contributed by atoms with Gasteiger partial charge in [-0.15, -0.1) is 0 Å². The number of thioether (sulfide) groups is 1. The van der Waals surface area contributed by atoms with E-state index in [0.717, 1.165) is 11.8 Å². The molecule has 0 bridgehead atoms. The highest BCUT2D eigenvalue weighted by Crippen LogP contribution is 2.31. The lowest BCUT2D eigenvalue weighted by molar-refractivity contribution is -0.139. The molecule has 0 aliphatic carbocycles. The molecule has 0 aromatic heterocycles. The van der Waals surface area contributed by atoms with Crippen LogP contribution in [0.4, 0.5) is 0 Å². The number of rotatable bonds is 13. The van der Waals surface area contributed by atoms with Gasteiger partial charge in [-0.2, -0.15) is 11.8 Å². The summed E-state index contributed by atoms with van der Waals surface area (Å²) in [5.41, 5.74) is 5.19. The van der Waals surface area contributed by atoms with Gasteiger partial charge in [0, 0.05) is 6.08 Å². The molecule has 0 aromatic rings. The number of carboxylic acid groups (broad SMARTS) is 1. The SMILES string of the molecule is C=CC(=O)OCCC[Si](C)(OCC(Cl)(Cl)Cl)OCC(Cl)(Cl)Cl.CSCC[C@H](N)C(=O)O. The number of carbonyl (C=O) groups excluding carboxylic acids is 1. The molecule has 31 heavy (non-hydrogen) atoms. The van der Waals surface area contributed by atoms with E-state index >= 15 is 0 Å². The summed E-state index contributed by atoms with van der Waals surface area (Å²) < 4.78 is 12.9. The van der Waals surface area contributed by atoms with E-state index in [4.69, 9.17) is 94.0 Å². The van der Waals surface area contributed by atoms with Gasteiger partial charge in [-0.3, -0.25) is 4.79 Å². The number of ether oxygens (including phenoxy) is 1. The minimum Gasteiger partial charge on any atom is -0.480 e. The van der Waals surface area contributed by atoms with Crippen molar-refractivity contribution in [2.75, 3.05) is 31.8 Å². The van der Waals surface area contributed by atoms with Gasteiger partial charge < -0.3 is 24.4 Å². The Morgan fingerprint density at radius 1 is 1.16 bits per heavy atom. The van der Waals surface area contributed by atoms with Gasteiger partial charge in [0.2, 0.25) is 7.59 Å². The highest BCUT2D eigenvalue weighted by Gasteiger charge is 2.37. The smallest absolute Gasteiger partial charge is 0.335 e. The fraction of sp³-hybridized carbons (Fsp3) is 0.750. The molecule has 0 heterocycles. The van der Waals surface area contributed by atoms with Gasteiger partial charge in [-0.1, -0.05) is 76.2 Å². The van der Waals surface area contributed by atoms with Crippen molar-refractivity contribution in [3.63, 3.8) is 0 Å². The van der Waals surface area contributed by atoms with Crippen LogP contribution < -0.4 is 5.73 Å². The summed E-state index contributed by atoms with van der Waals surface area (Å²) in [6.45, 7) is 4.91. The van der Waals surface area contributed by atoms with Crippen molar-refractivity contribution in [3.8, 4) is 0 Å². The summed E-state index contributed by atoms with van der Waals surface area (Å²) >= 11 is 35.6. The fourth-order valence-corrected chi connectivity index (χ4v) is 5.22. The molecule has 0 saturated carbocycles. The second-order valence-corrected chi connectivity index (χ2v) is 15.5. The largest absolute Gasteiger partial charge is 0.480 e. The van der Waals surface area contributed by atoms with Crippen LogP contribution in [0.15, 0.2) is 12.7 Å². The van der Waals surface area contributed by atoms with Crippen molar-refractivity contribution >= 4 is 102 Å². The van der Waals surface area contributed by atoms with Crippen molar-refractivity contribution < 1.29 is 28.3 Å². The Morgan fingerprint density at radius 3 is 2.00 bits per heavy atom. The van der Waals surface area contributed by atoms with E-state index in [1.165, 1.54) is 0 Å². The van der Waals surface area contributed by atoms with Crippen LogP contribution in [0.5, 0.6) is 0 Å². The number of halogens is 6. The minimum atomic E-state index is -2.78. The molecule has 0 amide bonds. The van der Waals surface area contributed by atoms with Gasteiger partial charge in [-0.25, -0.2) is 4.79 Å². The van der Waals surface area contributed by atoms with E-state index in [1.807, 2.05) is 6.26 Å². The summed E-state index contributed by atoms with van der Waals surface area (Å²) in [5.74, 6) is -0.607. The normalized spacial score (nSPS) is 13.1. The Balaban J connectivity index is 0. The van der Waals surface area contributed by atoms with Gasteiger partial charge in [0.1, 0.15) is 6.04 Å². The third-order valence-electron chi connectivity index (χ3n) is 3.22. The summed E-state index contributed by atoms with van der Waals surface area (Å²) in [7, 11) is -2.78. The van der Waals surface area contributed by atoms with Crippen LogP contribution in [0.2, 0.25) is 12.6 Å². The number of carbonyl (C=O) groups is 2. The highest BCUT2D eigenvalue weighted by molar-refractivity contribution is 7.98. The molecular weight excluding hydrogens is 575 g/mol. The zero-order valence-corrected chi connectivity index (χ0v) is 23.4. The Kier molecular flexibility index (Phi) is 19.0. The minimum absolute atomic E-state index is 0.160. The second-order valence-electron chi connectivity index (χ2n) is 6.14. The molecule has 0 unspecified atom stereocenters. The number of hydrogen-bond donors (Lipinski definition) is 2. The molecule has 184 valence electrons. The van der Waals surface area contributed by atoms with Crippen molar-refractivity contribution in [1.29, 1.82) is 0 Å². The number of carboxylic acids is 1. The maximum Gasteiger partial charge on any atom is 0.335 e. The molecule has 15 heteroatoms. The quantitative estimate of drug-likeness (QED) is 0.0987. The molecule has 0 radical (unpaired) electrons. The summed E-state index contributed by atoms with van der Waals surface area (Å²) in [4.78, 5) is 21.0. The molecule has 7 nitrogen and oxygen atoms in total. The summed E-state index contributed by atoms with van der Waals surface area (Å²) in [6.07, 6.45) is 4.04. The maximum atomic E-state index is 11.0. The predicted molar refractivity (Wildman–Crippen MR) is 133 cm³/mol. The first-order valence-corrected chi connectivity index (χ1v) is 14.9. The van der Waals surface area contributed by atoms with Crippen LogP contribution in [0.1, 0.15) is 12.8 Å².